The zero-order chi connectivity index (χ0) is 16.4. The van der Waals surface area contributed by atoms with Gasteiger partial charge in [-0.15, -0.1) is 0 Å². The Kier molecular flexibility index (Phi) is 4.14. The Morgan fingerprint density at radius 2 is 1.52 bits per heavy atom. The summed E-state index contributed by atoms with van der Waals surface area (Å²) in [6.45, 7) is 1.56. The van der Waals surface area contributed by atoms with Crippen LogP contribution in [0.4, 0.5) is 0 Å². The molecule has 3 rings (SSSR count). The maximum atomic E-state index is 12.6. The van der Waals surface area contributed by atoms with Crippen LogP contribution < -0.4 is 0 Å². The summed E-state index contributed by atoms with van der Waals surface area (Å²) in [6.07, 6.45) is -0.824. The summed E-state index contributed by atoms with van der Waals surface area (Å²) in [6, 6.07) is 20.6. The lowest BCUT2D eigenvalue weighted by molar-refractivity contribution is -0.162. The number of hydrogen-bond donors (Lipinski definition) is 1. The average Bonchev–Trinajstić information content (AvgIpc) is 2.58. The van der Waals surface area contributed by atoms with Crippen molar-refractivity contribution >= 4 is 5.91 Å². The molecule has 1 amide bonds. The molecule has 1 heterocycles. The molecule has 23 heavy (non-hydrogen) atoms. The van der Waals surface area contributed by atoms with Crippen molar-refractivity contribution in [3.05, 3.63) is 71.8 Å². The van der Waals surface area contributed by atoms with Crippen LogP contribution in [0.15, 0.2) is 60.7 Å². The minimum atomic E-state index is -0.824. The number of carbonyl (C=O) groups excluding carboxylic acids is 1. The van der Waals surface area contributed by atoms with E-state index in [0.29, 0.717) is 0 Å². The minimum Gasteiger partial charge on any atom is -0.392 e. The van der Waals surface area contributed by atoms with E-state index in [9.17, 15) is 15.2 Å². The number of carbonyl (C=O) groups is 1. The van der Waals surface area contributed by atoms with Crippen LogP contribution in [0.3, 0.4) is 0 Å². The Balaban J connectivity index is 2.04. The molecule has 3 atom stereocenters. The molecule has 1 aliphatic heterocycles. The van der Waals surface area contributed by atoms with E-state index in [1.165, 1.54) is 0 Å². The molecule has 0 saturated carbocycles. The number of amides is 1. The standard InChI is InChI=1S/C19H18N2O2/c1-13(22)17-16(12-20)21(19(17)23)18(14-8-4-2-5-9-14)15-10-6-3-7-11-15/h2-11,13,16-18,22H,1H3/t13-,16+,17-/m1/s1. The molecule has 4 nitrogen and oxygen atoms in total. The third-order valence-electron chi connectivity index (χ3n) is 4.34. The fourth-order valence-corrected chi connectivity index (χ4v) is 3.22. The van der Waals surface area contributed by atoms with Gasteiger partial charge in [-0.2, -0.15) is 5.26 Å². The average molecular weight is 306 g/mol. The van der Waals surface area contributed by atoms with Gasteiger partial charge in [-0.25, -0.2) is 0 Å². The van der Waals surface area contributed by atoms with Crippen molar-refractivity contribution in [2.24, 2.45) is 5.92 Å². The minimum absolute atomic E-state index is 0.177. The highest BCUT2D eigenvalue weighted by Gasteiger charge is 2.53. The van der Waals surface area contributed by atoms with Crippen LogP contribution in [0.1, 0.15) is 24.1 Å². The van der Waals surface area contributed by atoms with Crippen LogP contribution in [0.25, 0.3) is 0 Å². The Morgan fingerprint density at radius 3 is 1.91 bits per heavy atom. The van der Waals surface area contributed by atoms with Gasteiger partial charge in [0.1, 0.15) is 6.04 Å². The highest BCUT2D eigenvalue weighted by molar-refractivity contribution is 5.88. The second-order valence-corrected chi connectivity index (χ2v) is 5.81. The van der Waals surface area contributed by atoms with Crippen LogP contribution in [-0.2, 0) is 4.79 Å². The van der Waals surface area contributed by atoms with E-state index in [0.717, 1.165) is 11.1 Å². The zero-order valence-electron chi connectivity index (χ0n) is 12.8. The lowest BCUT2D eigenvalue weighted by atomic mass is 9.80. The van der Waals surface area contributed by atoms with Gasteiger partial charge in [0.25, 0.3) is 0 Å². The van der Waals surface area contributed by atoms with E-state index >= 15 is 0 Å². The largest absolute Gasteiger partial charge is 0.392 e. The fourth-order valence-electron chi connectivity index (χ4n) is 3.22. The number of hydrogen-bond acceptors (Lipinski definition) is 3. The summed E-state index contributed by atoms with van der Waals surface area (Å²) in [5.41, 5.74) is 1.91. The molecule has 1 N–H and O–H groups in total. The van der Waals surface area contributed by atoms with E-state index in [-0.39, 0.29) is 11.9 Å². The number of benzene rings is 2. The van der Waals surface area contributed by atoms with Crippen molar-refractivity contribution in [2.45, 2.75) is 25.1 Å². The first-order valence-corrected chi connectivity index (χ1v) is 7.65. The molecule has 116 valence electrons. The van der Waals surface area contributed by atoms with Gasteiger partial charge in [0.2, 0.25) is 5.91 Å². The maximum absolute atomic E-state index is 12.6. The summed E-state index contributed by atoms with van der Waals surface area (Å²) >= 11 is 0. The number of aliphatic hydroxyl groups excluding tert-OH is 1. The van der Waals surface area contributed by atoms with Gasteiger partial charge in [-0.3, -0.25) is 4.79 Å². The van der Waals surface area contributed by atoms with Crippen LogP contribution in [0.2, 0.25) is 0 Å². The number of nitrogens with zero attached hydrogens (tertiary/aromatic N) is 2. The summed E-state index contributed by atoms with van der Waals surface area (Å²) in [5.74, 6) is -0.820. The number of rotatable bonds is 4. The molecule has 1 fully saturated rings. The van der Waals surface area contributed by atoms with Gasteiger partial charge in [0.05, 0.1) is 24.1 Å². The summed E-state index contributed by atoms with van der Waals surface area (Å²) in [4.78, 5) is 14.2. The molecule has 0 aliphatic carbocycles. The molecule has 0 spiro atoms. The summed E-state index contributed by atoms with van der Waals surface area (Å²) < 4.78 is 0. The first-order valence-electron chi connectivity index (χ1n) is 7.65. The number of nitriles is 1. The molecule has 0 aromatic heterocycles. The first kappa shape index (κ1) is 15.3. The molecule has 0 bridgehead atoms. The number of aliphatic hydroxyl groups is 1. The second kappa shape index (κ2) is 6.23. The Bertz CT molecular complexity index is 683. The van der Waals surface area contributed by atoms with Crippen molar-refractivity contribution in [2.75, 3.05) is 0 Å². The second-order valence-electron chi connectivity index (χ2n) is 5.81. The van der Waals surface area contributed by atoms with Crippen molar-refractivity contribution in [1.29, 1.82) is 5.26 Å². The van der Waals surface area contributed by atoms with Crippen LogP contribution in [0.5, 0.6) is 0 Å². The summed E-state index contributed by atoms with van der Waals surface area (Å²) in [7, 11) is 0. The van der Waals surface area contributed by atoms with Crippen molar-refractivity contribution in [1.82, 2.24) is 4.90 Å². The van der Waals surface area contributed by atoms with E-state index in [1.807, 2.05) is 60.7 Å². The predicted octanol–water partition coefficient (Wildman–Crippen LogP) is 2.51. The summed E-state index contributed by atoms with van der Waals surface area (Å²) in [5, 5.41) is 19.3. The Morgan fingerprint density at radius 1 is 1.04 bits per heavy atom. The van der Waals surface area contributed by atoms with Crippen molar-refractivity contribution in [3.63, 3.8) is 0 Å². The third kappa shape index (κ3) is 2.60. The van der Waals surface area contributed by atoms with E-state index < -0.39 is 18.1 Å². The normalized spacial score (nSPS) is 21.7. The fraction of sp³-hybridized carbons (Fsp3) is 0.263. The van der Waals surface area contributed by atoms with E-state index in [2.05, 4.69) is 6.07 Å². The van der Waals surface area contributed by atoms with Gasteiger partial charge >= 0.3 is 0 Å². The van der Waals surface area contributed by atoms with Crippen LogP contribution in [-0.4, -0.2) is 28.1 Å². The highest BCUT2D eigenvalue weighted by atomic mass is 16.3. The van der Waals surface area contributed by atoms with Gasteiger partial charge in [-0.1, -0.05) is 60.7 Å². The van der Waals surface area contributed by atoms with Gasteiger partial charge in [0, 0.05) is 0 Å². The van der Waals surface area contributed by atoms with Crippen molar-refractivity contribution < 1.29 is 9.90 Å². The molecule has 0 unspecified atom stereocenters. The highest BCUT2D eigenvalue weighted by Crippen LogP contribution is 2.40. The Labute approximate surface area is 135 Å². The Hall–Kier alpha value is -2.64. The third-order valence-corrected chi connectivity index (χ3v) is 4.34. The molecule has 1 saturated heterocycles. The van der Waals surface area contributed by atoms with E-state index in [1.54, 1.807) is 11.8 Å². The SMILES string of the molecule is C[C@@H](O)[C@H]1C(=O)N(C(c2ccccc2)c2ccccc2)[C@H]1C#N. The lowest BCUT2D eigenvalue weighted by Gasteiger charge is -2.49. The predicted molar refractivity (Wildman–Crippen MR) is 86.1 cm³/mol. The van der Waals surface area contributed by atoms with Gasteiger partial charge in [0.15, 0.2) is 0 Å². The molecular weight excluding hydrogens is 288 g/mol. The molecule has 0 radical (unpaired) electrons. The molecular formula is C19H18N2O2. The molecule has 2 aromatic rings. The number of β-lactam (4-membered cyclic amide) rings is 1. The smallest absolute Gasteiger partial charge is 0.233 e. The first-order chi connectivity index (χ1) is 11.1. The molecule has 2 aromatic carbocycles. The van der Waals surface area contributed by atoms with Crippen LogP contribution in [0, 0.1) is 17.2 Å². The van der Waals surface area contributed by atoms with Gasteiger partial charge in [-0.05, 0) is 18.1 Å². The quantitative estimate of drug-likeness (QED) is 0.883. The van der Waals surface area contributed by atoms with Gasteiger partial charge < -0.3 is 10.0 Å². The number of likely N-dealkylation sites (tertiary alicyclic amines) is 1. The topological polar surface area (TPSA) is 64.3 Å². The maximum Gasteiger partial charge on any atom is 0.233 e. The molecule has 4 heteroatoms. The molecule has 1 aliphatic rings. The monoisotopic (exact) mass is 306 g/mol. The van der Waals surface area contributed by atoms with Crippen LogP contribution >= 0.6 is 0 Å². The zero-order valence-corrected chi connectivity index (χ0v) is 12.8. The lowest BCUT2D eigenvalue weighted by Crippen LogP contribution is -2.64. The van der Waals surface area contributed by atoms with Crippen molar-refractivity contribution in [3.8, 4) is 6.07 Å². The van der Waals surface area contributed by atoms with E-state index in [4.69, 9.17) is 0 Å².